The minimum Gasteiger partial charge on any atom is -0.446 e. The Labute approximate surface area is 198 Å². The van der Waals surface area contributed by atoms with Crippen molar-refractivity contribution in [3.63, 3.8) is 0 Å². The maximum absolute atomic E-state index is 14.2. The number of rotatable bonds is 7. The number of ether oxygens (including phenoxy) is 1. The third kappa shape index (κ3) is 5.64. The summed E-state index contributed by atoms with van der Waals surface area (Å²) in [5, 5.41) is 9.88. The third-order valence-corrected chi connectivity index (χ3v) is 7.27. The fourth-order valence-electron chi connectivity index (χ4n) is 4.64. The van der Waals surface area contributed by atoms with Gasteiger partial charge in [-0.05, 0) is 49.9 Å². The zero-order valence-electron chi connectivity index (χ0n) is 18.5. The molecule has 2 saturated carbocycles. The lowest BCUT2D eigenvalue weighted by Crippen LogP contribution is -2.38. The molecule has 0 saturated heterocycles. The molecule has 0 aliphatic heterocycles. The molecule has 2 aliphatic rings. The van der Waals surface area contributed by atoms with Crippen LogP contribution in [0.25, 0.3) is 0 Å². The molecule has 9 nitrogen and oxygen atoms in total. The molecule has 2 aromatic rings. The van der Waals surface area contributed by atoms with E-state index in [2.05, 4.69) is 20.6 Å². The molecule has 1 aromatic carbocycles. The van der Waals surface area contributed by atoms with Crippen LogP contribution in [-0.4, -0.2) is 42.8 Å². The lowest BCUT2D eigenvalue weighted by atomic mass is 9.96. The Morgan fingerprint density at radius 3 is 2.57 bits per heavy atom. The summed E-state index contributed by atoms with van der Waals surface area (Å²) in [5.74, 6) is -0.742. The molecule has 190 valence electrons. The Kier molecular flexibility index (Phi) is 6.38. The summed E-state index contributed by atoms with van der Waals surface area (Å²) in [4.78, 5) is 20.1. The van der Waals surface area contributed by atoms with E-state index >= 15 is 0 Å². The number of benzene rings is 1. The van der Waals surface area contributed by atoms with Crippen LogP contribution in [0, 0.1) is 11.7 Å². The number of fused-ring (bicyclic) bond motifs is 1. The summed E-state index contributed by atoms with van der Waals surface area (Å²) in [7, 11) is -4.04. The molecule has 1 heterocycles. The van der Waals surface area contributed by atoms with Crippen molar-refractivity contribution in [2.45, 2.75) is 61.2 Å². The van der Waals surface area contributed by atoms with Gasteiger partial charge >= 0.3 is 12.3 Å². The van der Waals surface area contributed by atoms with Gasteiger partial charge in [-0.1, -0.05) is 0 Å². The number of anilines is 2. The van der Waals surface area contributed by atoms with E-state index in [4.69, 9.17) is 9.88 Å². The van der Waals surface area contributed by atoms with Crippen LogP contribution in [0.3, 0.4) is 0 Å². The summed E-state index contributed by atoms with van der Waals surface area (Å²) < 4.78 is 79.6. The largest absolute Gasteiger partial charge is 0.446 e. The Morgan fingerprint density at radius 2 is 2.00 bits per heavy atom. The number of nitrogens with two attached hydrogens (primary N) is 1. The number of alkyl carbamates (subject to hydrolysis) is 1. The topological polar surface area (TPSA) is 136 Å². The molecule has 4 atom stereocenters. The second-order valence-electron chi connectivity index (χ2n) is 8.92. The first-order valence-electron chi connectivity index (χ1n) is 10.7. The van der Waals surface area contributed by atoms with Crippen molar-refractivity contribution >= 4 is 27.8 Å². The van der Waals surface area contributed by atoms with Gasteiger partial charge in [0, 0.05) is 29.8 Å². The Hall–Kier alpha value is -3.00. The zero-order chi connectivity index (χ0) is 25.6. The van der Waals surface area contributed by atoms with E-state index < -0.39 is 46.7 Å². The standard InChI is InChI=1S/C21H23F4N5O4S/c1-11(7-21(23,24)25)29-19(31)34-17-4-5-20(8-14(17)20)12-9-27-18(28-10-12)30-16-3-2-13(6-15(16)22)35(26,32)33/h2-3,6,9-11,14,17H,4-5,7-8H2,1H3,(H,29,31)(H2,26,32,33)(H,27,28,30)/t11-,14?,17-,20+/m0/s1. The van der Waals surface area contributed by atoms with Crippen molar-refractivity contribution < 1.29 is 35.5 Å². The van der Waals surface area contributed by atoms with Crippen molar-refractivity contribution in [1.82, 2.24) is 15.3 Å². The normalized spacial score (nSPS) is 24.4. The van der Waals surface area contributed by atoms with Gasteiger partial charge in [-0.15, -0.1) is 0 Å². The van der Waals surface area contributed by atoms with Crippen LogP contribution in [0.4, 0.5) is 34.0 Å². The third-order valence-electron chi connectivity index (χ3n) is 6.36. The first-order chi connectivity index (χ1) is 16.3. The second-order valence-corrected chi connectivity index (χ2v) is 10.5. The molecule has 35 heavy (non-hydrogen) atoms. The van der Waals surface area contributed by atoms with Crippen LogP contribution in [0.2, 0.25) is 0 Å². The SMILES string of the molecule is C[C@@H](CC(F)(F)F)NC(=O)O[C@H]1CC[C@]2(c3cnc(Nc4ccc(S(N)(=O)=O)cc4F)nc3)CC12. The molecule has 0 radical (unpaired) electrons. The number of hydrogen-bond donors (Lipinski definition) is 3. The van der Waals surface area contributed by atoms with Gasteiger partial charge in [0.05, 0.1) is 17.0 Å². The molecule has 4 N–H and O–H groups in total. The zero-order valence-corrected chi connectivity index (χ0v) is 19.3. The maximum Gasteiger partial charge on any atom is 0.407 e. The lowest BCUT2D eigenvalue weighted by molar-refractivity contribution is -0.138. The van der Waals surface area contributed by atoms with Gasteiger partial charge in [0.1, 0.15) is 11.9 Å². The Balaban J connectivity index is 1.35. The highest BCUT2D eigenvalue weighted by atomic mass is 32.2. The predicted octanol–water partition coefficient (Wildman–Crippen LogP) is 3.49. The number of nitrogens with zero attached hydrogens (tertiary/aromatic N) is 2. The average Bonchev–Trinajstić information content (AvgIpc) is 3.37. The van der Waals surface area contributed by atoms with Crippen molar-refractivity contribution in [2.24, 2.45) is 11.1 Å². The van der Waals surface area contributed by atoms with E-state index in [9.17, 15) is 30.8 Å². The summed E-state index contributed by atoms with van der Waals surface area (Å²) in [6, 6.07) is 2.06. The number of carbonyl (C=O) groups excluding carboxylic acids is 1. The monoisotopic (exact) mass is 517 g/mol. The number of aromatic nitrogens is 2. The number of hydrogen-bond acceptors (Lipinski definition) is 7. The molecule has 1 unspecified atom stereocenters. The highest BCUT2D eigenvalue weighted by Gasteiger charge is 2.64. The lowest BCUT2D eigenvalue weighted by Gasteiger charge is -2.18. The van der Waals surface area contributed by atoms with Crippen molar-refractivity contribution in [3.8, 4) is 0 Å². The van der Waals surface area contributed by atoms with Crippen LogP contribution in [-0.2, 0) is 20.2 Å². The van der Waals surface area contributed by atoms with E-state index in [0.29, 0.717) is 12.8 Å². The molecular weight excluding hydrogens is 494 g/mol. The van der Waals surface area contributed by atoms with Crippen molar-refractivity contribution in [2.75, 3.05) is 5.32 Å². The fourth-order valence-corrected chi connectivity index (χ4v) is 5.17. The average molecular weight is 518 g/mol. The number of amides is 1. The van der Waals surface area contributed by atoms with Gasteiger partial charge in [-0.25, -0.2) is 32.7 Å². The van der Waals surface area contributed by atoms with Gasteiger partial charge in [-0.2, -0.15) is 13.2 Å². The van der Waals surface area contributed by atoms with Crippen LogP contribution < -0.4 is 15.8 Å². The molecule has 0 bridgehead atoms. The number of carbonyl (C=O) groups is 1. The van der Waals surface area contributed by atoms with Gasteiger partial charge in [0.15, 0.2) is 0 Å². The van der Waals surface area contributed by atoms with E-state index in [-0.39, 0.29) is 27.9 Å². The Morgan fingerprint density at radius 1 is 1.31 bits per heavy atom. The van der Waals surface area contributed by atoms with Crippen LogP contribution in [0.5, 0.6) is 0 Å². The van der Waals surface area contributed by atoms with E-state index in [1.165, 1.54) is 13.0 Å². The minimum atomic E-state index is -4.38. The molecule has 1 aromatic heterocycles. The molecule has 14 heteroatoms. The summed E-state index contributed by atoms with van der Waals surface area (Å²) in [6.07, 6.45) is -1.66. The Bertz CT molecular complexity index is 1230. The smallest absolute Gasteiger partial charge is 0.407 e. The van der Waals surface area contributed by atoms with Crippen molar-refractivity contribution in [1.29, 1.82) is 0 Å². The number of halogens is 4. The highest BCUT2D eigenvalue weighted by molar-refractivity contribution is 7.89. The summed E-state index contributed by atoms with van der Waals surface area (Å²) in [6.45, 7) is 1.26. The van der Waals surface area contributed by atoms with Gasteiger partial charge in [0.25, 0.3) is 0 Å². The van der Waals surface area contributed by atoms with Gasteiger partial charge < -0.3 is 15.4 Å². The number of nitrogens with one attached hydrogen (secondary N) is 2. The van der Waals surface area contributed by atoms with Gasteiger partial charge in [-0.3, -0.25) is 0 Å². The fraction of sp³-hybridized carbons (Fsp3) is 0.476. The van der Waals surface area contributed by atoms with E-state index in [1.807, 2.05) is 0 Å². The molecule has 2 aliphatic carbocycles. The van der Waals surface area contributed by atoms with Crippen molar-refractivity contribution in [3.05, 3.63) is 42.0 Å². The molecule has 2 fully saturated rings. The van der Waals surface area contributed by atoms with E-state index in [0.717, 1.165) is 24.1 Å². The molecule has 0 spiro atoms. The first-order valence-corrected chi connectivity index (χ1v) is 12.3. The summed E-state index contributed by atoms with van der Waals surface area (Å²) in [5.41, 5.74) is 0.506. The minimum absolute atomic E-state index is 0.0109. The number of alkyl halides is 3. The maximum atomic E-state index is 14.2. The van der Waals surface area contributed by atoms with Crippen LogP contribution in [0.1, 0.15) is 38.2 Å². The van der Waals surface area contributed by atoms with Gasteiger partial charge in [0.2, 0.25) is 16.0 Å². The summed E-state index contributed by atoms with van der Waals surface area (Å²) >= 11 is 0. The molecule has 1 amide bonds. The number of sulfonamides is 1. The van der Waals surface area contributed by atoms with Crippen LogP contribution in [0.15, 0.2) is 35.5 Å². The number of primary sulfonamides is 1. The predicted molar refractivity (Wildman–Crippen MR) is 116 cm³/mol. The second kappa shape index (κ2) is 8.90. The molecular formula is C21H23F4N5O4S. The van der Waals surface area contributed by atoms with E-state index in [1.54, 1.807) is 12.4 Å². The first kappa shape index (κ1) is 25.1. The van der Waals surface area contributed by atoms with Crippen LogP contribution >= 0.6 is 0 Å². The highest BCUT2D eigenvalue weighted by Crippen LogP contribution is 2.65. The quantitative estimate of drug-likeness (QED) is 0.478. The molecule has 4 rings (SSSR count).